The number of carbonyl (C=O) groups is 4. The number of ether oxygens (including phenoxy) is 8. The number of hydrogen-bond donors (Lipinski definition) is 7. The van der Waals surface area contributed by atoms with Crippen LogP contribution in [0.15, 0.2) is 81.0 Å². The zero-order valence-electron chi connectivity index (χ0n) is 53.3. The summed E-state index contributed by atoms with van der Waals surface area (Å²) in [6, 6.07) is 7.83. The SMILES string of the molecule is C=CC(=O)O.CC(C)OC(=O)OCOP(=O)(CO[C@H](C)Cn1cnc2c(N)ncnc21)OCOC(=O)OC(C)C.CC(C)OC(=O)[C@H](C)N[P@](=O)(CO[C@H](C)Cn1cnc2c(N)ncnc21)Oc1ccccc1.C[C@H](Cn1cnc2c(N)ncnc21)OCP(=O)(O)O.O=C=O. The highest BCUT2D eigenvalue weighted by Crippen LogP contribution is 2.48. The number of benzene rings is 1. The molecule has 0 saturated heterocycles. The Balaban J connectivity index is 0.000000362. The summed E-state index contributed by atoms with van der Waals surface area (Å²) < 4.78 is 99.4. The summed E-state index contributed by atoms with van der Waals surface area (Å²) in [5.74, 6) is -0.309. The molecule has 6 aromatic heterocycles. The minimum Gasteiger partial charge on any atom is -0.478 e. The van der Waals surface area contributed by atoms with Crippen LogP contribution in [0.4, 0.5) is 27.0 Å². The second-order valence-electron chi connectivity index (χ2n) is 20.2. The van der Waals surface area contributed by atoms with E-state index in [4.69, 9.17) is 93.1 Å². The molecule has 7 aromatic rings. The van der Waals surface area contributed by atoms with Crippen LogP contribution in [0.2, 0.25) is 0 Å². The second kappa shape index (κ2) is 39.7. The zero-order chi connectivity index (χ0) is 71.1. The molecule has 5 atom stereocenters. The minimum absolute atomic E-state index is 0.237. The van der Waals surface area contributed by atoms with E-state index in [1.54, 1.807) is 107 Å². The van der Waals surface area contributed by atoms with Crippen molar-refractivity contribution in [1.29, 1.82) is 0 Å². The predicted molar refractivity (Wildman–Crippen MR) is 334 cm³/mol. The standard InChI is InChI=1S/C21H29N6O5P.C19H30N5O10P.C9H14N5O4P.C3H4O2.CO2/c1-14(2)31-21(28)16(4)26-33(29,32-17-8-6-5-7-9-17)13-30-15(3)10-27-12-25-18-19(22)23-11-24-20(18)27;1-12(2)33-18(25)28-9-31-35(27,32-10-29-19(26)34-13(3)4)11-30-14(5)6-24-8-23-15-16(20)21-7-22-17(15)24;1-6(18-5-19(15,16)17)2-14-4-13-7-8(10)11-3-12-9(7)14;1-2-3(4)5;2-1-3/h5-9,11-12,14-16H,10,13H2,1-4H3,(H,26,29)(H2,22,23,24);7-8,12-14H,6,9-11H2,1-5H3,(H2,20,21,22);3-4,6H,2,5H2,1H3,(H2,10,11,12)(H2,15,16,17);2H,1H2,(H,4,5);/t15-,16+,33+;14-;6-;;/m111../s1. The second-order valence-corrected chi connectivity index (χ2v) is 25.9. The predicted octanol–water partition coefficient (Wildman–Crippen LogP) is 5.63. The van der Waals surface area contributed by atoms with Gasteiger partial charge in [0.2, 0.25) is 13.6 Å². The van der Waals surface area contributed by atoms with Crippen LogP contribution in [0.25, 0.3) is 33.5 Å². The largest absolute Gasteiger partial charge is 0.510 e. The highest BCUT2D eigenvalue weighted by molar-refractivity contribution is 7.57. The first-order valence-corrected chi connectivity index (χ1v) is 33.4. The van der Waals surface area contributed by atoms with Crippen molar-refractivity contribution in [2.24, 2.45) is 0 Å². The first kappa shape index (κ1) is 80.3. The van der Waals surface area contributed by atoms with Gasteiger partial charge in [0.1, 0.15) is 66.4 Å². The molecule has 0 amide bonds. The maximum Gasteiger partial charge on any atom is 0.510 e. The molecule has 0 fully saturated rings. The van der Waals surface area contributed by atoms with Crippen molar-refractivity contribution in [3.63, 3.8) is 0 Å². The Hall–Kier alpha value is -8.96. The highest BCUT2D eigenvalue weighted by Gasteiger charge is 2.33. The van der Waals surface area contributed by atoms with Gasteiger partial charge in [-0.3, -0.25) is 27.5 Å². The van der Waals surface area contributed by atoms with Gasteiger partial charge in [0.05, 0.1) is 75.2 Å². The molecular formula is C53H77N16O23P3. The number of esters is 1. The van der Waals surface area contributed by atoms with Crippen LogP contribution in [-0.4, -0.2) is 179 Å². The summed E-state index contributed by atoms with van der Waals surface area (Å²) in [6.45, 7) is 19.2. The van der Waals surface area contributed by atoms with Crippen LogP contribution < -0.4 is 26.8 Å². The molecule has 0 aliphatic rings. The third-order valence-corrected chi connectivity index (χ3v) is 14.7. The van der Waals surface area contributed by atoms with E-state index in [1.165, 1.54) is 31.6 Å². The number of aliphatic carboxylic acids is 1. The van der Waals surface area contributed by atoms with Crippen LogP contribution in [0.5, 0.6) is 5.75 Å². The molecule has 0 spiro atoms. The monoisotopic (exact) mass is 1400 g/mol. The Bertz CT molecular complexity index is 3720. The van der Waals surface area contributed by atoms with E-state index in [2.05, 4.69) is 56.5 Å². The number of carboxylic acids is 1. The smallest absolute Gasteiger partial charge is 0.478 e. The van der Waals surface area contributed by atoms with E-state index in [-0.39, 0.29) is 42.9 Å². The van der Waals surface area contributed by atoms with E-state index in [1.807, 2.05) is 13.0 Å². The number of nitrogens with two attached hydrogens (primary N) is 3. The van der Waals surface area contributed by atoms with Gasteiger partial charge in [-0.1, -0.05) is 24.8 Å². The molecule has 0 aliphatic carbocycles. The van der Waals surface area contributed by atoms with Crippen molar-refractivity contribution in [2.75, 3.05) is 49.8 Å². The van der Waals surface area contributed by atoms with E-state index in [0.29, 0.717) is 58.1 Å². The molecule has 1 aromatic carbocycles. The van der Waals surface area contributed by atoms with Gasteiger partial charge in [0, 0.05) is 6.08 Å². The van der Waals surface area contributed by atoms with Crippen LogP contribution in [0.1, 0.15) is 69.2 Å². The number of anilines is 3. The molecule has 0 radical (unpaired) electrons. The molecule has 10 N–H and O–H groups in total. The van der Waals surface area contributed by atoms with E-state index >= 15 is 0 Å². The fraction of sp³-hybridized carbons (Fsp3) is 0.472. The Morgan fingerprint density at radius 3 is 1.28 bits per heavy atom. The summed E-state index contributed by atoms with van der Waals surface area (Å²) in [5, 5.41) is 10.4. The average Bonchev–Trinajstić information content (AvgIpc) is 1.71. The third-order valence-electron chi connectivity index (χ3n) is 11.0. The zero-order valence-corrected chi connectivity index (χ0v) is 56.0. The van der Waals surface area contributed by atoms with Crippen LogP contribution in [0, 0.1) is 0 Å². The lowest BCUT2D eigenvalue weighted by atomic mass is 10.3. The Morgan fingerprint density at radius 2 is 0.937 bits per heavy atom. The number of nitrogen functional groups attached to an aromatic ring is 3. The summed E-state index contributed by atoms with van der Waals surface area (Å²) in [7, 11) is -11.9. The van der Waals surface area contributed by atoms with Gasteiger partial charge in [0.25, 0.3) is 0 Å². The van der Waals surface area contributed by atoms with Gasteiger partial charge in [-0.2, -0.15) is 9.59 Å². The Kier molecular flexibility index (Phi) is 33.5. The number of rotatable bonds is 30. The normalized spacial score (nSPS) is 13.1. The number of imidazole rings is 3. The summed E-state index contributed by atoms with van der Waals surface area (Å²) in [6.07, 6.45) is 3.81. The molecule has 0 unspecified atom stereocenters. The van der Waals surface area contributed by atoms with Gasteiger partial charge in [-0.15, -0.1) is 0 Å². The minimum atomic E-state index is -4.16. The van der Waals surface area contributed by atoms with Crippen LogP contribution in [-0.2, 0) is 99.4 Å². The number of hydrogen-bond acceptors (Lipinski definition) is 32. The number of aromatic nitrogens is 12. The topological polar surface area (TPSA) is 537 Å². The first-order chi connectivity index (χ1) is 44.7. The van der Waals surface area contributed by atoms with Crippen molar-refractivity contribution in [3.8, 4) is 5.75 Å². The molecule has 95 heavy (non-hydrogen) atoms. The van der Waals surface area contributed by atoms with E-state index < -0.39 is 104 Å². The number of fused-ring (bicyclic) bond motifs is 3. The summed E-state index contributed by atoms with van der Waals surface area (Å²) >= 11 is 0. The lowest BCUT2D eigenvalue weighted by Gasteiger charge is -2.25. The fourth-order valence-electron chi connectivity index (χ4n) is 7.05. The fourth-order valence-corrected chi connectivity index (χ4v) is 10.4. The number of nitrogens with one attached hydrogen (secondary N) is 1. The number of nitrogens with zero attached hydrogens (tertiary/aromatic N) is 12. The van der Waals surface area contributed by atoms with Gasteiger partial charge >= 0.3 is 53.1 Å². The van der Waals surface area contributed by atoms with Gasteiger partial charge < -0.3 is 88.2 Å². The Labute approximate surface area is 542 Å². The lowest BCUT2D eigenvalue weighted by Crippen LogP contribution is -2.37. The van der Waals surface area contributed by atoms with E-state index in [0.717, 1.165) is 6.08 Å². The van der Waals surface area contributed by atoms with Crippen molar-refractivity contribution in [3.05, 3.63) is 81.0 Å². The quantitative estimate of drug-likeness (QED) is 0.00942. The molecule has 0 aliphatic heterocycles. The third kappa shape index (κ3) is 29.9. The average molecular weight is 1400 g/mol. The highest BCUT2D eigenvalue weighted by atomic mass is 31.2. The van der Waals surface area contributed by atoms with Crippen molar-refractivity contribution < 1.29 is 109 Å². The molecular weight excluding hydrogens is 1320 g/mol. The number of para-hydroxylation sites is 1. The molecule has 0 saturated carbocycles. The van der Waals surface area contributed by atoms with Crippen molar-refractivity contribution in [1.82, 2.24) is 63.6 Å². The van der Waals surface area contributed by atoms with Gasteiger partial charge in [0.15, 0.2) is 34.4 Å². The molecule has 42 heteroatoms. The van der Waals surface area contributed by atoms with Crippen molar-refractivity contribution in [2.45, 2.75) is 132 Å². The number of carbonyl (C=O) groups excluding carboxylic acids is 5. The summed E-state index contributed by atoms with van der Waals surface area (Å²) in [5.41, 5.74) is 20.3. The molecule has 39 nitrogen and oxygen atoms in total. The summed E-state index contributed by atoms with van der Waals surface area (Å²) in [4.78, 5) is 115. The maximum absolute atomic E-state index is 13.6. The van der Waals surface area contributed by atoms with Crippen molar-refractivity contribution >= 4 is 104 Å². The van der Waals surface area contributed by atoms with Gasteiger partial charge in [-0.25, -0.2) is 64.3 Å². The van der Waals surface area contributed by atoms with Gasteiger partial charge in [-0.05, 0) is 81.4 Å². The lowest BCUT2D eigenvalue weighted by molar-refractivity contribution is -0.191. The van der Waals surface area contributed by atoms with Crippen LogP contribution in [0.3, 0.4) is 0 Å². The molecule has 0 bridgehead atoms. The molecule has 522 valence electrons. The maximum atomic E-state index is 13.6. The molecule has 6 heterocycles. The Morgan fingerprint density at radius 1 is 0.579 bits per heavy atom. The van der Waals surface area contributed by atoms with Crippen LogP contribution >= 0.6 is 22.7 Å². The number of carboxylic acid groups (broad SMARTS) is 1. The first-order valence-electron chi connectivity index (χ1n) is 28.1. The molecule has 7 rings (SSSR count). The van der Waals surface area contributed by atoms with E-state index in [9.17, 15) is 32.9 Å².